The van der Waals surface area contributed by atoms with Crippen molar-refractivity contribution in [3.63, 3.8) is 0 Å². The Kier molecular flexibility index (Phi) is 3.62. The molecule has 1 amide bonds. The molecule has 1 heterocycles. The van der Waals surface area contributed by atoms with Crippen LogP contribution in [0.25, 0.3) is 0 Å². The number of nitrogens with one attached hydrogen (secondary N) is 1. The summed E-state index contributed by atoms with van der Waals surface area (Å²) in [5.41, 5.74) is 6.41. The number of nitrogens with two attached hydrogens (primary N) is 1. The first kappa shape index (κ1) is 15.0. The van der Waals surface area contributed by atoms with Crippen LogP contribution in [-0.4, -0.2) is 24.2 Å². The smallest absolute Gasteiger partial charge is 0.241 e. The van der Waals surface area contributed by atoms with Gasteiger partial charge in [0.25, 0.3) is 0 Å². The third kappa shape index (κ3) is 2.14. The zero-order valence-electron chi connectivity index (χ0n) is 12.4. The molecule has 3 atom stereocenters. The summed E-state index contributed by atoms with van der Waals surface area (Å²) in [4.78, 5) is 12.6. The minimum absolute atomic E-state index is 0.0674. The van der Waals surface area contributed by atoms with Gasteiger partial charge in [-0.3, -0.25) is 4.79 Å². The van der Waals surface area contributed by atoms with Crippen LogP contribution in [0.4, 0.5) is 0 Å². The Balaban J connectivity index is 1.69. The molecule has 1 aliphatic heterocycles. The van der Waals surface area contributed by atoms with E-state index in [1.807, 2.05) is 38.1 Å². The number of carbonyl (C=O) groups excluding carboxylic acids is 1. The van der Waals surface area contributed by atoms with Gasteiger partial charge in [0, 0.05) is 29.0 Å². The molecule has 3 unspecified atom stereocenters. The highest BCUT2D eigenvalue weighted by atomic mass is 79.9. The Morgan fingerprint density at radius 2 is 2.10 bits per heavy atom. The molecule has 3 rings (SSSR count). The van der Waals surface area contributed by atoms with Crippen LogP contribution < -0.4 is 11.1 Å². The third-order valence-electron chi connectivity index (χ3n) is 5.20. The summed E-state index contributed by atoms with van der Waals surface area (Å²) in [6.07, 6.45) is 0.983. The molecule has 2 aliphatic rings. The molecular formula is C16H21BrN2O2. The van der Waals surface area contributed by atoms with Crippen molar-refractivity contribution in [2.75, 3.05) is 6.61 Å². The molecule has 1 saturated heterocycles. The minimum atomic E-state index is -0.830. The number of halogens is 1. The van der Waals surface area contributed by atoms with Gasteiger partial charge in [-0.25, -0.2) is 0 Å². The summed E-state index contributed by atoms with van der Waals surface area (Å²) >= 11 is 3.40. The lowest BCUT2D eigenvalue weighted by atomic mass is 9.48. The predicted octanol–water partition coefficient (Wildman–Crippen LogP) is 2.21. The van der Waals surface area contributed by atoms with Gasteiger partial charge in [-0.2, -0.15) is 0 Å². The van der Waals surface area contributed by atoms with Crippen molar-refractivity contribution in [2.45, 2.75) is 38.5 Å². The lowest BCUT2D eigenvalue weighted by Gasteiger charge is -2.60. The highest BCUT2D eigenvalue weighted by molar-refractivity contribution is 9.10. The zero-order chi connectivity index (χ0) is 15.3. The van der Waals surface area contributed by atoms with E-state index in [1.165, 1.54) is 0 Å². The Hall–Kier alpha value is -0.910. The molecule has 1 aliphatic carbocycles. The van der Waals surface area contributed by atoms with Crippen LogP contribution in [0.15, 0.2) is 28.7 Å². The first-order valence-electron chi connectivity index (χ1n) is 7.30. The van der Waals surface area contributed by atoms with E-state index in [-0.39, 0.29) is 23.3 Å². The van der Waals surface area contributed by atoms with Crippen molar-refractivity contribution in [1.82, 2.24) is 5.32 Å². The second-order valence-electron chi connectivity index (χ2n) is 6.59. The van der Waals surface area contributed by atoms with Crippen LogP contribution in [0.5, 0.6) is 0 Å². The van der Waals surface area contributed by atoms with E-state index in [0.717, 1.165) is 16.5 Å². The number of rotatable bonds is 3. The van der Waals surface area contributed by atoms with Crippen LogP contribution in [-0.2, 0) is 16.1 Å². The highest BCUT2D eigenvalue weighted by Gasteiger charge is 2.71. The van der Waals surface area contributed by atoms with Gasteiger partial charge in [-0.1, -0.05) is 41.9 Å². The lowest BCUT2D eigenvalue weighted by Crippen LogP contribution is -2.80. The molecule has 0 radical (unpaired) electrons. The predicted molar refractivity (Wildman–Crippen MR) is 84.5 cm³/mol. The second kappa shape index (κ2) is 5.07. The lowest BCUT2D eigenvalue weighted by molar-refractivity contribution is -0.175. The molecule has 1 aromatic rings. The van der Waals surface area contributed by atoms with Crippen molar-refractivity contribution < 1.29 is 9.53 Å². The van der Waals surface area contributed by atoms with E-state index in [1.54, 1.807) is 0 Å². The molecular weight excluding hydrogens is 332 g/mol. The van der Waals surface area contributed by atoms with Crippen molar-refractivity contribution in [3.8, 4) is 0 Å². The first-order valence-corrected chi connectivity index (χ1v) is 8.10. The van der Waals surface area contributed by atoms with E-state index in [4.69, 9.17) is 10.5 Å². The largest absolute Gasteiger partial charge is 0.377 e. The Bertz CT molecular complexity index is 558. The standard InChI is InChI=1S/C16H21BrN2O2/c1-15(2)13-12(7-8-21-13)16(15,18)14(20)19-9-10-3-5-11(17)6-4-10/h3-6,12-13H,7-9,18H2,1-2H3,(H,19,20). The molecule has 21 heavy (non-hydrogen) atoms. The fourth-order valence-electron chi connectivity index (χ4n) is 3.78. The zero-order valence-corrected chi connectivity index (χ0v) is 13.9. The highest BCUT2D eigenvalue weighted by Crippen LogP contribution is 2.58. The fourth-order valence-corrected chi connectivity index (χ4v) is 4.04. The maximum absolute atomic E-state index is 12.6. The van der Waals surface area contributed by atoms with Crippen molar-refractivity contribution in [3.05, 3.63) is 34.3 Å². The summed E-state index contributed by atoms with van der Waals surface area (Å²) in [7, 11) is 0. The molecule has 0 aromatic heterocycles. The maximum atomic E-state index is 12.6. The fraction of sp³-hybridized carbons (Fsp3) is 0.562. The van der Waals surface area contributed by atoms with Gasteiger partial charge in [0.1, 0.15) is 5.54 Å². The summed E-state index contributed by atoms with van der Waals surface area (Å²) in [5.74, 6) is 0.0691. The third-order valence-corrected chi connectivity index (χ3v) is 5.72. The summed E-state index contributed by atoms with van der Waals surface area (Å²) in [5, 5.41) is 2.99. The van der Waals surface area contributed by atoms with Gasteiger partial charge in [0.15, 0.2) is 0 Å². The number of hydrogen-bond donors (Lipinski definition) is 2. The molecule has 5 heteroatoms. The van der Waals surface area contributed by atoms with Crippen molar-refractivity contribution in [1.29, 1.82) is 0 Å². The normalized spacial score (nSPS) is 33.1. The van der Waals surface area contributed by atoms with Crippen molar-refractivity contribution >= 4 is 21.8 Å². The average molecular weight is 353 g/mol. The number of carbonyl (C=O) groups is 1. The Morgan fingerprint density at radius 1 is 1.43 bits per heavy atom. The molecule has 4 nitrogen and oxygen atoms in total. The number of ether oxygens (including phenoxy) is 1. The van der Waals surface area contributed by atoms with Gasteiger partial charge in [-0.15, -0.1) is 0 Å². The van der Waals surface area contributed by atoms with Crippen molar-refractivity contribution in [2.24, 2.45) is 17.1 Å². The van der Waals surface area contributed by atoms with E-state index in [2.05, 4.69) is 21.2 Å². The SMILES string of the molecule is CC1(C)C2OCCC2C1(N)C(=O)NCc1ccc(Br)cc1. The summed E-state index contributed by atoms with van der Waals surface area (Å²) in [6.45, 7) is 5.26. The molecule has 2 fully saturated rings. The second-order valence-corrected chi connectivity index (χ2v) is 7.50. The maximum Gasteiger partial charge on any atom is 0.241 e. The van der Waals surface area contributed by atoms with E-state index >= 15 is 0 Å². The average Bonchev–Trinajstić information content (AvgIpc) is 2.93. The van der Waals surface area contributed by atoms with Gasteiger partial charge in [0.05, 0.1) is 6.10 Å². The Labute approximate surface area is 133 Å². The molecule has 0 bridgehead atoms. The van der Waals surface area contributed by atoms with E-state index in [0.29, 0.717) is 13.2 Å². The Morgan fingerprint density at radius 3 is 2.76 bits per heavy atom. The molecule has 114 valence electrons. The number of amides is 1. The van der Waals surface area contributed by atoms with E-state index < -0.39 is 5.54 Å². The van der Waals surface area contributed by atoms with Gasteiger partial charge < -0.3 is 15.8 Å². The molecule has 0 spiro atoms. The molecule has 3 N–H and O–H groups in total. The number of fused-ring (bicyclic) bond motifs is 1. The molecule has 1 aromatic carbocycles. The van der Waals surface area contributed by atoms with Crippen LogP contribution in [0.1, 0.15) is 25.8 Å². The van der Waals surface area contributed by atoms with Gasteiger partial charge >= 0.3 is 0 Å². The van der Waals surface area contributed by atoms with Crippen LogP contribution in [0.3, 0.4) is 0 Å². The summed E-state index contributed by atoms with van der Waals surface area (Å²) in [6, 6.07) is 7.91. The van der Waals surface area contributed by atoms with E-state index in [9.17, 15) is 4.79 Å². The van der Waals surface area contributed by atoms with Crippen LogP contribution in [0.2, 0.25) is 0 Å². The number of hydrogen-bond acceptors (Lipinski definition) is 3. The van der Waals surface area contributed by atoms with Gasteiger partial charge in [0.2, 0.25) is 5.91 Å². The van der Waals surface area contributed by atoms with Crippen LogP contribution in [0, 0.1) is 11.3 Å². The minimum Gasteiger partial charge on any atom is -0.377 e. The molecule has 1 saturated carbocycles. The quantitative estimate of drug-likeness (QED) is 0.876. The first-order chi connectivity index (χ1) is 9.87. The number of benzene rings is 1. The monoisotopic (exact) mass is 352 g/mol. The van der Waals surface area contributed by atoms with Gasteiger partial charge in [-0.05, 0) is 24.1 Å². The topological polar surface area (TPSA) is 64.3 Å². The summed E-state index contributed by atoms with van der Waals surface area (Å²) < 4.78 is 6.75. The van der Waals surface area contributed by atoms with Crippen LogP contribution >= 0.6 is 15.9 Å².